The van der Waals surface area contributed by atoms with E-state index in [1.165, 1.54) is 0 Å². The molecule has 152 valence electrons. The zero-order valence-corrected chi connectivity index (χ0v) is 17.6. The van der Waals surface area contributed by atoms with Gasteiger partial charge >= 0.3 is 6.18 Å². The molecule has 0 nitrogen and oxygen atoms in total. The summed E-state index contributed by atoms with van der Waals surface area (Å²) in [7, 11) is 0. The molecule has 3 heteroatoms. The first-order valence-electron chi connectivity index (χ1n) is 11.0. The van der Waals surface area contributed by atoms with E-state index in [0.29, 0.717) is 35.5 Å². The predicted molar refractivity (Wildman–Crippen MR) is 102 cm³/mol. The zero-order chi connectivity index (χ0) is 19.4. The van der Waals surface area contributed by atoms with Gasteiger partial charge in [0.05, 0.1) is 5.41 Å². The average molecular weight is 373 g/mol. The van der Waals surface area contributed by atoms with E-state index in [9.17, 15) is 0 Å². The molecule has 0 amide bonds. The topological polar surface area (TPSA) is 0 Å². The monoisotopic (exact) mass is 372 g/mol. The van der Waals surface area contributed by atoms with Gasteiger partial charge in [0, 0.05) is 0 Å². The molecule has 3 fully saturated rings. The van der Waals surface area contributed by atoms with Gasteiger partial charge in [-0.3, -0.25) is 0 Å². The molecule has 0 saturated heterocycles. The fourth-order valence-electron chi connectivity index (χ4n) is 7.24. The summed E-state index contributed by atoms with van der Waals surface area (Å²) in [5, 5.41) is 0. The summed E-state index contributed by atoms with van der Waals surface area (Å²) in [6, 6.07) is 0. The van der Waals surface area contributed by atoms with E-state index in [0.717, 1.165) is 38.5 Å². The third-order valence-electron chi connectivity index (χ3n) is 9.37. The van der Waals surface area contributed by atoms with Gasteiger partial charge in [-0.2, -0.15) is 13.2 Å². The van der Waals surface area contributed by atoms with Crippen LogP contribution in [-0.2, 0) is 0 Å². The second-order valence-electron chi connectivity index (χ2n) is 10.8. The Kier molecular flexibility index (Phi) is 5.52. The second-order valence-corrected chi connectivity index (χ2v) is 10.8. The van der Waals surface area contributed by atoms with Crippen molar-refractivity contribution in [1.82, 2.24) is 0 Å². The first-order valence-corrected chi connectivity index (χ1v) is 11.0. The van der Waals surface area contributed by atoms with Gasteiger partial charge in [-0.1, -0.05) is 41.5 Å². The van der Waals surface area contributed by atoms with Crippen molar-refractivity contribution < 1.29 is 13.2 Å². The van der Waals surface area contributed by atoms with Crippen molar-refractivity contribution >= 4 is 0 Å². The van der Waals surface area contributed by atoms with Crippen LogP contribution in [0.25, 0.3) is 0 Å². The molecule has 0 bridgehead atoms. The molecule has 0 aromatic carbocycles. The highest BCUT2D eigenvalue weighted by atomic mass is 19.4. The molecule has 0 radical (unpaired) electrons. The van der Waals surface area contributed by atoms with Crippen molar-refractivity contribution in [2.75, 3.05) is 0 Å². The largest absolute Gasteiger partial charge is 0.395 e. The quantitative estimate of drug-likeness (QED) is 0.479. The molecule has 6 unspecified atom stereocenters. The average Bonchev–Trinajstić information content (AvgIpc) is 3.12. The van der Waals surface area contributed by atoms with Gasteiger partial charge < -0.3 is 0 Å². The molecule has 6 atom stereocenters. The van der Waals surface area contributed by atoms with E-state index in [-0.39, 0.29) is 17.8 Å². The lowest BCUT2D eigenvalue weighted by atomic mass is 9.56. The van der Waals surface area contributed by atoms with Crippen molar-refractivity contribution in [3.63, 3.8) is 0 Å². The minimum absolute atomic E-state index is 0.169. The van der Waals surface area contributed by atoms with E-state index in [1.807, 2.05) is 0 Å². The lowest BCUT2D eigenvalue weighted by molar-refractivity contribution is -0.285. The first kappa shape index (κ1) is 20.5. The van der Waals surface area contributed by atoms with E-state index in [1.54, 1.807) is 0 Å². The molecular weight excluding hydrogens is 333 g/mol. The number of alkyl halides is 3. The van der Waals surface area contributed by atoms with Gasteiger partial charge in [0.15, 0.2) is 0 Å². The van der Waals surface area contributed by atoms with Crippen LogP contribution in [0.4, 0.5) is 13.2 Å². The van der Waals surface area contributed by atoms with E-state index < -0.39 is 11.6 Å². The van der Waals surface area contributed by atoms with Crippen LogP contribution in [0, 0.1) is 58.7 Å². The Bertz CT molecular complexity index is 406. The van der Waals surface area contributed by atoms with Gasteiger partial charge in [-0.15, -0.1) is 0 Å². The summed E-state index contributed by atoms with van der Waals surface area (Å²) in [5.41, 5.74) is -1.44. The lowest BCUT2D eigenvalue weighted by Crippen LogP contribution is -2.53. The van der Waals surface area contributed by atoms with Gasteiger partial charge in [0.1, 0.15) is 0 Å². The third kappa shape index (κ3) is 3.13. The minimum Gasteiger partial charge on any atom is -0.170 e. The molecule has 0 aliphatic heterocycles. The van der Waals surface area contributed by atoms with Gasteiger partial charge in [0.25, 0.3) is 0 Å². The van der Waals surface area contributed by atoms with Crippen LogP contribution in [0.3, 0.4) is 0 Å². The Hall–Kier alpha value is -0.210. The number of hydrogen-bond acceptors (Lipinski definition) is 0. The molecule has 0 spiro atoms. The zero-order valence-electron chi connectivity index (χ0n) is 17.6. The molecule has 0 heterocycles. The number of hydrogen-bond donors (Lipinski definition) is 0. The Morgan fingerprint density at radius 2 is 0.654 bits per heavy atom. The van der Waals surface area contributed by atoms with E-state index >= 15 is 13.2 Å². The molecule has 26 heavy (non-hydrogen) atoms. The summed E-state index contributed by atoms with van der Waals surface area (Å²) >= 11 is 0. The van der Waals surface area contributed by atoms with Crippen molar-refractivity contribution in [2.24, 2.45) is 58.7 Å². The number of rotatable bonds is 3. The SMILES string of the molecule is CC1CC(C(C2CC(C)C(C)C2)(C2CC(C)C(C)C2)C(F)(F)F)CC1C. The Morgan fingerprint density at radius 3 is 0.808 bits per heavy atom. The highest BCUT2D eigenvalue weighted by Crippen LogP contribution is 2.68. The van der Waals surface area contributed by atoms with Gasteiger partial charge in [-0.05, 0) is 91.8 Å². The smallest absolute Gasteiger partial charge is 0.170 e. The normalized spacial score (nSPS) is 49.5. The predicted octanol–water partition coefficient (Wildman–Crippen LogP) is 7.58. The van der Waals surface area contributed by atoms with Crippen molar-refractivity contribution in [3.8, 4) is 0 Å². The fraction of sp³-hybridized carbons (Fsp3) is 1.00. The Morgan fingerprint density at radius 1 is 0.462 bits per heavy atom. The second kappa shape index (κ2) is 6.99. The number of halogens is 3. The standard InChI is InChI=1S/C23H39F3/c1-13-7-19(8-14(13)2)22(23(24,25)26,20-9-15(3)16(4)10-20)21-11-17(5)18(6)12-21/h13-21H,7-12H2,1-6H3. The van der Waals surface area contributed by atoms with Crippen molar-refractivity contribution in [2.45, 2.75) is 86.2 Å². The molecule has 3 rings (SSSR count). The summed E-state index contributed by atoms with van der Waals surface area (Å²) in [5.74, 6) is 2.04. The minimum atomic E-state index is -4.08. The molecule has 3 aliphatic carbocycles. The Labute approximate surface area is 158 Å². The summed E-state index contributed by atoms with van der Waals surface area (Å²) in [6.07, 6.45) is 0.583. The fourth-order valence-corrected chi connectivity index (χ4v) is 7.24. The maximum atomic E-state index is 15.1. The Balaban J connectivity index is 2.06. The maximum Gasteiger partial charge on any atom is 0.395 e. The summed E-state index contributed by atoms with van der Waals surface area (Å²) in [6.45, 7) is 13.0. The van der Waals surface area contributed by atoms with Crippen LogP contribution in [0.15, 0.2) is 0 Å². The molecular formula is C23H39F3. The van der Waals surface area contributed by atoms with Crippen molar-refractivity contribution in [1.29, 1.82) is 0 Å². The van der Waals surface area contributed by atoms with Crippen molar-refractivity contribution in [3.05, 3.63) is 0 Å². The molecule has 0 aromatic rings. The van der Waals surface area contributed by atoms with Crippen LogP contribution < -0.4 is 0 Å². The molecule has 3 aliphatic rings. The van der Waals surface area contributed by atoms with E-state index in [2.05, 4.69) is 41.5 Å². The van der Waals surface area contributed by atoms with Gasteiger partial charge in [0.2, 0.25) is 0 Å². The van der Waals surface area contributed by atoms with Gasteiger partial charge in [-0.25, -0.2) is 0 Å². The highest BCUT2D eigenvalue weighted by Gasteiger charge is 2.69. The molecule has 3 saturated carbocycles. The first-order chi connectivity index (χ1) is 12.0. The highest BCUT2D eigenvalue weighted by molar-refractivity contribution is 5.08. The maximum absolute atomic E-state index is 15.1. The van der Waals surface area contributed by atoms with Crippen LogP contribution in [0.2, 0.25) is 0 Å². The molecule has 0 N–H and O–H groups in total. The van der Waals surface area contributed by atoms with E-state index in [4.69, 9.17) is 0 Å². The summed E-state index contributed by atoms with van der Waals surface area (Å²) < 4.78 is 45.3. The lowest BCUT2D eigenvalue weighted by Gasteiger charge is -2.50. The summed E-state index contributed by atoms with van der Waals surface area (Å²) in [4.78, 5) is 0. The van der Waals surface area contributed by atoms with Crippen LogP contribution >= 0.6 is 0 Å². The molecule has 0 aromatic heterocycles. The van der Waals surface area contributed by atoms with Crippen LogP contribution in [0.1, 0.15) is 80.1 Å². The van der Waals surface area contributed by atoms with Crippen LogP contribution in [-0.4, -0.2) is 6.18 Å². The van der Waals surface area contributed by atoms with Crippen LogP contribution in [0.5, 0.6) is 0 Å². The third-order valence-corrected chi connectivity index (χ3v) is 9.37.